The molecule has 0 radical (unpaired) electrons. The van der Waals surface area contributed by atoms with Gasteiger partial charge in [-0.1, -0.05) is 5.16 Å². The summed E-state index contributed by atoms with van der Waals surface area (Å²) in [6, 6.07) is 0.450. The van der Waals surface area contributed by atoms with Crippen molar-refractivity contribution in [3.8, 4) is 6.07 Å². The van der Waals surface area contributed by atoms with Gasteiger partial charge in [0.15, 0.2) is 11.9 Å². The van der Waals surface area contributed by atoms with Gasteiger partial charge in [-0.25, -0.2) is 6.57 Å². The second-order valence-electron chi connectivity index (χ2n) is 3.50. The quantitative estimate of drug-likeness (QED) is 0.562. The van der Waals surface area contributed by atoms with Gasteiger partial charge in [-0.2, -0.15) is 10.2 Å². The molecule has 1 aromatic rings. The van der Waals surface area contributed by atoms with Crippen molar-refractivity contribution in [1.82, 2.24) is 10.1 Å². The van der Waals surface area contributed by atoms with E-state index >= 15 is 0 Å². The first-order chi connectivity index (χ1) is 8.00. The number of aromatic nitrogens is 2. The van der Waals surface area contributed by atoms with Gasteiger partial charge in [-0.15, -0.1) is 0 Å². The molecule has 2 atom stereocenters. The monoisotopic (exact) mass is 234 g/mol. The number of rotatable bonds is 3. The lowest BCUT2D eigenvalue weighted by Gasteiger charge is -2.19. The Morgan fingerprint density at radius 3 is 2.76 bits per heavy atom. The van der Waals surface area contributed by atoms with Crippen molar-refractivity contribution < 1.29 is 14.1 Å². The minimum atomic E-state index is -1.58. The molecule has 0 saturated heterocycles. The fraction of sp³-hybridized carbons (Fsp3) is 0.500. The predicted octanol–water partition coefficient (Wildman–Crippen LogP) is 0.620. The van der Waals surface area contributed by atoms with Crippen LogP contribution in [0.15, 0.2) is 4.52 Å². The highest BCUT2D eigenvalue weighted by Crippen LogP contribution is 2.30. The second kappa shape index (κ2) is 4.62. The summed E-state index contributed by atoms with van der Waals surface area (Å²) >= 11 is 0. The van der Waals surface area contributed by atoms with E-state index in [2.05, 4.69) is 19.7 Å². The van der Waals surface area contributed by atoms with E-state index in [0.717, 1.165) is 0 Å². The van der Waals surface area contributed by atoms with Gasteiger partial charge in [-0.3, -0.25) is 9.64 Å². The molecule has 0 saturated carbocycles. The molecule has 0 amide bonds. The number of ether oxygens (including phenoxy) is 1. The largest absolute Gasteiger partial charge is 0.468 e. The molecule has 7 nitrogen and oxygen atoms in total. The van der Waals surface area contributed by atoms with Crippen LogP contribution in [0.2, 0.25) is 0 Å². The van der Waals surface area contributed by atoms with Crippen molar-refractivity contribution in [1.29, 1.82) is 5.26 Å². The molecule has 0 fully saturated rings. The van der Waals surface area contributed by atoms with E-state index in [0.29, 0.717) is 5.82 Å². The molecule has 7 heteroatoms. The normalized spacial score (nSPS) is 15.1. The molecular weight excluding hydrogens is 224 g/mol. The van der Waals surface area contributed by atoms with Crippen LogP contribution in [-0.2, 0) is 14.9 Å². The summed E-state index contributed by atoms with van der Waals surface area (Å²) in [7, 11) is 1.17. The highest BCUT2D eigenvalue weighted by Gasteiger charge is 2.54. The van der Waals surface area contributed by atoms with Gasteiger partial charge in [0.25, 0.3) is 5.89 Å². The van der Waals surface area contributed by atoms with Crippen LogP contribution in [0.1, 0.15) is 18.6 Å². The molecule has 0 aliphatic heterocycles. The van der Waals surface area contributed by atoms with Crippen LogP contribution in [0.3, 0.4) is 0 Å². The van der Waals surface area contributed by atoms with Crippen LogP contribution in [0, 0.1) is 24.8 Å². The van der Waals surface area contributed by atoms with E-state index in [1.807, 2.05) is 0 Å². The Bertz CT molecular complexity index is 496. The molecular formula is C10H10N4O3. The van der Waals surface area contributed by atoms with Crippen LogP contribution in [-0.4, -0.2) is 29.3 Å². The zero-order valence-electron chi connectivity index (χ0n) is 9.59. The maximum atomic E-state index is 11.8. The Labute approximate surface area is 97.8 Å². The summed E-state index contributed by atoms with van der Waals surface area (Å²) in [6.07, 6.45) is 0. The number of methoxy groups -OCH3 is 1. The summed E-state index contributed by atoms with van der Waals surface area (Å²) in [5.41, 5.74) is -1.58. The topological polar surface area (TPSA) is 93.4 Å². The first kappa shape index (κ1) is 12.7. The minimum Gasteiger partial charge on any atom is -0.468 e. The van der Waals surface area contributed by atoms with Crippen molar-refractivity contribution in [2.75, 3.05) is 7.11 Å². The number of hydrogen-bond donors (Lipinski definition) is 0. The molecule has 2 unspecified atom stereocenters. The van der Waals surface area contributed by atoms with Crippen molar-refractivity contribution in [3.05, 3.63) is 23.1 Å². The molecule has 88 valence electrons. The summed E-state index contributed by atoms with van der Waals surface area (Å²) in [6.45, 7) is 9.89. The predicted molar refractivity (Wildman–Crippen MR) is 54.4 cm³/mol. The van der Waals surface area contributed by atoms with E-state index in [-0.39, 0.29) is 5.89 Å². The van der Waals surface area contributed by atoms with Crippen LogP contribution in [0.5, 0.6) is 0 Å². The summed E-state index contributed by atoms with van der Waals surface area (Å²) in [5, 5.41) is 12.5. The number of esters is 1. The van der Waals surface area contributed by atoms with E-state index in [1.54, 1.807) is 13.0 Å². The van der Waals surface area contributed by atoms with Crippen LogP contribution >= 0.6 is 0 Å². The summed E-state index contributed by atoms with van der Waals surface area (Å²) in [4.78, 5) is 18.7. The lowest BCUT2D eigenvalue weighted by molar-refractivity contribution is -0.147. The van der Waals surface area contributed by atoms with Crippen molar-refractivity contribution in [2.24, 2.45) is 0 Å². The Morgan fingerprint density at radius 2 is 2.41 bits per heavy atom. The molecule has 0 aromatic carbocycles. The fourth-order valence-electron chi connectivity index (χ4n) is 1.32. The Kier molecular flexibility index (Phi) is 3.44. The number of carbonyl (C=O) groups excluding carboxylic acids is 1. The fourth-order valence-corrected chi connectivity index (χ4v) is 1.32. The van der Waals surface area contributed by atoms with Crippen LogP contribution < -0.4 is 0 Å². The van der Waals surface area contributed by atoms with Gasteiger partial charge in [0.1, 0.15) is 0 Å². The SMILES string of the molecule is [C-]#[N+]C(C#N)C(C)(C(=O)OC)c1nc(C)no1. The van der Waals surface area contributed by atoms with Gasteiger partial charge in [0.2, 0.25) is 5.41 Å². The Morgan fingerprint density at radius 1 is 1.76 bits per heavy atom. The Hall–Kier alpha value is -2.41. The third kappa shape index (κ3) is 1.95. The zero-order chi connectivity index (χ0) is 13.1. The standard InChI is InChI=1S/C10H10N4O3/c1-6-13-8(17-14-6)10(2,9(15)16-4)7(5-11)12-3/h7H,1-2,4H3. The first-order valence-electron chi connectivity index (χ1n) is 4.66. The van der Waals surface area contributed by atoms with Gasteiger partial charge < -0.3 is 9.26 Å². The minimum absolute atomic E-state index is 0.0931. The van der Waals surface area contributed by atoms with Crippen molar-refractivity contribution in [2.45, 2.75) is 25.3 Å². The van der Waals surface area contributed by atoms with Gasteiger partial charge in [-0.05, 0) is 13.8 Å². The molecule has 1 rings (SSSR count). The number of nitriles is 1. The van der Waals surface area contributed by atoms with Crippen LogP contribution in [0.4, 0.5) is 0 Å². The number of nitrogens with zero attached hydrogens (tertiary/aromatic N) is 4. The van der Waals surface area contributed by atoms with E-state index in [1.165, 1.54) is 14.0 Å². The highest BCUT2D eigenvalue weighted by molar-refractivity contribution is 5.83. The number of hydrogen-bond acceptors (Lipinski definition) is 6. The molecule has 0 aliphatic rings. The van der Waals surface area contributed by atoms with Gasteiger partial charge >= 0.3 is 12.0 Å². The molecule has 0 spiro atoms. The third-order valence-corrected chi connectivity index (χ3v) is 2.38. The second-order valence-corrected chi connectivity index (χ2v) is 3.50. The Balaban J connectivity index is 3.36. The number of carbonyl (C=O) groups is 1. The molecule has 0 bridgehead atoms. The highest BCUT2D eigenvalue weighted by atomic mass is 16.5. The zero-order valence-corrected chi connectivity index (χ0v) is 9.59. The lowest BCUT2D eigenvalue weighted by Crippen LogP contribution is -2.43. The third-order valence-electron chi connectivity index (χ3n) is 2.38. The molecule has 0 N–H and O–H groups in total. The molecule has 17 heavy (non-hydrogen) atoms. The van der Waals surface area contributed by atoms with E-state index < -0.39 is 17.4 Å². The van der Waals surface area contributed by atoms with Crippen LogP contribution in [0.25, 0.3) is 4.85 Å². The molecule has 1 heterocycles. The molecule has 0 aliphatic carbocycles. The number of aryl methyl sites for hydroxylation is 1. The average molecular weight is 234 g/mol. The van der Waals surface area contributed by atoms with Gasteiger partial charge in [0.05, 0.1) is 7.11 Å². The van der Waals surface area contributed by atoms with Crippen molar-refractivity contribution in [3.63, 3.8) is 0 Å². The lowest BCUT2D eigenvalue weighted by atomic mass is 9.83. The maximum Gasteiger partial charge on any atom is 0.331 e. The van der Waals surface area contributed by atoms with Crippen molar-refractivity contribution >= 4 is 5.97 Å². The average Bonchev–Trinajstić information content (AvgIpc) is 2.76. The smallest absolute Gasteiger partial charge is 0.331 e. The summed E-state index contributed by atoms with van der Waals surface area (Å²) in [5.74, 6) is -0.537. The van der Waals surface area contributed by atoms with E-state index in [4.69, 9.17) is 16.4 Å². The van der Waals surface area contributed by atoms with Gasteiger partial charge in [0, 0.05) is 0 Å². The first-order valence-corrected chi connectivity index (χ1v) is 4.66. The molecule has 1 aromatic heterocycles. The maximum absolute atomic E-state index is 11.8. The summed E-state index contributed by atoms with van der Waals surface area (Å²) < 4.78 is 9.48. The van der Waals surface area contributed by atoms with E-state index in [9.17, 15) is 4.79 Å².